The SMILES string of the molecule is COc1cc2c3c(O)c(c(C)cc3c1)C(=O)CCSS[C@@H](Cc1ccccc1)[C@@H](CCN)[C@H](O)[C@H]1O[C@H](O2)[C@H](O)[C@@H](O)[C@@H]1O. The van der Waals surface area contributed by atoms with Crippen LogP contribution in [-0.4, -0.2) is 92.8 Å². The molecule has 2 aliphatic rings. The number of aromatic hydroxyl groups is 1. The van der Waals surface area contributed by atoms with E-state index in [9.17, 15) is 30.3 Å². The van der Waals surface area contributed by atoms with Gasteiger partial charge in [0.2, 0.25) is 6.29 Å². The molecule has 2 aliphatic heterocycles. The normalized spacial score (nSPS) is 29.8. The quantitative estimate of drug-likeness (QED) is 0.225. The van der Waals surface area contributed by atoms with Gasteiger partial charge < -0.3 is 45.5 Å². The topological polar surface area (TPSA) is 172 Å². The van der Waals surface area contributed by atoms with Crippen LogP contribution in [0.5, 0.6) is 17.2 Å². The van der Waals surface area contributed by atoms with Gasteiger partial charge in [0.25, 0.3) is 0 Å². The fourth-order valence-corrected chi connectivity index (χ4v) is 8.98. The predicted molar refractivity (Wildman–Crippen MR) is 170 cm³/mol. The van der Waals surface area contributed by atoms with Crippen molar-refractivity contribution in [3.8, 4) is 17.2 Å². The van der Waals surface area contributed by atoms with Gasteiger partial charge in [-0.05, 0) is 48.9 Å². The van der Waals surface area contributed by atoms with Crippen molar-refractivity contribution in [3.05, 3.63) is 65.2 Å². The summed E-state index contributed by atoms with van der Waals surface area (Å²) in [7, 11) is 4.46. The lowest BCUT2D eigenvalue weighted by Gasteiger charge is -2.44. The second kappa shape index (κ2) is 14.3. The van der Waals surface area contributed by atoms with Gasteiger partial charge in [0, 0.05) is 29.4 Å². The maximum atomic E-state index is 13.5. The van der Waals surface area contributed by atoms with Crippen LogP contribution in [0.25, 0.3) is 10.8 Å². The number of aryl methyl sites for hydroxylation is 1. The molecular weight excluding hydrogens is 606 g/mol. The Labute approximate surface area is 263 Å². The Morgan fingerprint density at radius 3 is 2.48 bits per heavy atom. The first-order valence-electron chi connectivity index (χ1n) is 14.6. The molecule has 10 nitrogen and oxygen atoms in total. The van der Waals surface area contributed by atoms with E-state index in [4.69, 9.17) is 19.9 Å². The van der Waals surface area contributed by atoms with E-state index in [0.717, 1.165) is 5.56 Å². The van der Waals surface area contributed by atoms with E-state index in [2.05, 4.69) is 0 Å². The van der Waals surface area contributed by atoms with Crippen molar-refractivity contribution in [1.29, 1.82) is 0 Å². The third-order valence-corrected chi connectivity index (χ3v) is 11.3. The number of hydrogen-bond acceptors (Lipinski definition) is 12. The summed E-state index contributed by atoms with van der Waals surface area (Å²) >= 11 is 0. The minimum Gasteiger partial charge on any atom is -0.506 e. The summed E-state index contributed by atoms with van der Waals surface area (Å²) in [6.45, 7) is 2.00. The number of fused-ring (bicyclic) bond motifs is 3. The molecule has 5 rings (SSSR count). The number of ether oxygens (including phenoxy) is 3. The molecule has 238 valence electrons. The summed E-state index contributed by atoms with van der Waals surface area (Å²) in [5.41, 5.74) is 7.80. The molecular formula is C32H39NO9S2. The molecule has 0 radical (unpaired) electrons. The first-order valence-corrected chi connectivity index (χ1v) is 17.0. The van der Waals surface area contributed by atoms with E-state index in [1.165, 1.54) is 34.8 Å². The summed E-state index contributed by atoms with van der Waals surface area (Å²) in [5, 5.41) is 56.6. The minimum atomic E-state index is -1.72. The highest BCUT2D eigenvalue weighted by Gasteiger charge is 2.50. The van der Waals surface area contributed by atoms with Crippen LogP contribution in [-0.2, 0) is 11.2 Å². The van der Waals surface area contributed by atoms with Gasteiger partial charge in [0.05, 0.1) is 24.2 Å². The number of phenols is 1. The Morgan fingerprint density at radius 2 is 1.77 bits per heavy atom. The van der Waals surface area contributed by atoms with Crippen molar-refractivity contribution < 1.29 is 44.5 Å². The number of rotatable bonds is 5. The molecule has 0 unspecified atom stereocenters. The minimum absolute atomic E-state index is 0.0317. The molecule has 0 saturated carbocycles. The molecule has 0 spiro atoms. The average molecular weight is 646 g/mol. The van der Waals surface area contributed by atoms with Gasteiger partial charge in [0.1, 0.15) is 41.7 Å². The Balaban J connectivity index is 1.61. The third-order valence-electron chi connectivity index (χ3n) is 8.35. The summed E-state index contributed by atoms with van der Waals surface area (Å²) in [6, 6.07) is 14.7. The number of ketones is 1. The van der Waals surface area contributed by atoms with E-state index < -0.39 is 42.7 Å². The molecule has 0 amide bonds. The first-order chi connectivity index (χ1) is 21.1. The van der Waals surface area contributed by atoms with Gasteiger partial charge >= 0.3 is 0 Å². The van der Waals surface area contributed by atoms with E-state index >= 15 is 0 Å². The van der Waals surface area contributed by atoms with Crippen molar-refractivity contribution in [1.82, 2.24) is 0 Å². The molecule has 44 heavy (non-hydrogen) atoms. The number of aliphatic hydroxyl groups excluding tert-OH is 4. The van der Waals surface area contributed by atoms with Gasteiger partial charge in [-0.2, -0.15) is 0 Å². The number of nitrogens with two attached hydrogens (primary N) is 1. The van der Waals surface area contributed by atoms with Crippen LogP contribution in [0.3, 0.4) is 0 Å². The number of methoxy groups -OCH3 is 1. The summed E-state index contributed by atoms with van der Waals surface area (Å²) < 4.78 is 17.6. The molecule has 3 aromatic rings. The van der Waals surface area contributed by atoms with Crippen molar-refractivity contribution in [2.45, 2.75) is 68.2 Å². The van der Waals surface area contributed by atoms with Crippen LogP contribution in [0.4, 0.5) is 0 Å². The lowest BCUT2D eigenvalue weighted by atomic mass is 9.84. The molecule has 3 aromatic carbocycles. The fourth-order valence-electron chi connectivity index (χ4n) is 6.05. The predicted octanol–water partition coefficient (Wildman–Crippen LogP) is 2.95. The summed E-state index contributed by atoms with van der Waals surface area (Å²) in [5.74, 6) is -0.161. The van der Waals surface area contributed by atoms with Crippen molar-refractivity contribution in [3.63, 3.8) is 0 Å². The van der Waals surface area contributed by atoms with Crippen LogP contribution < -0.4 is 15.2 Å². The molecule has 4 bridgehead atoms. The summed E-state index contributed by atoms with van der Waals surface area (Å²) in [6.07, 6.45) is -8.14. The maximum absolute atomic E-state index is 13.5. The van der Waals surface area contributed by atoms with Gasteiger partial charge in [-0.3, -0.25) is 4.79 Å². The molecule has 1 fully saturated rings. The van der Waals surface area contributed by atoms with E-state index in [-0.39, 0.29) is 46.4 Å². The summed E-state index contributed by atoms with van der Waals surface area (Å²) in [4.78, 5) is 13.5. The average Bonchev–Trinajstić information content (AvgIpc) is 3.01. The molecule has 2 heterocycles. The van der Waals surface area contributed by atoms with Gasteiger partial charge in [-0.25, -0.2) is 0 Å². The van der Waals surface area contributed by atoms with Crippen molar-refractivity contribution in [2.24, 2.45) is 11.7 Å². The largest absolute Gasteiger partial charge is 0.506 e. The zero-order valence-electron chi connectivity index (χ0n) is 24.5. The Bertz CT molecular complexity index is 1460. The number of benzene rings is 3. The number of hydrogen-bond donors (Lipinski definition) is 6. The lowest BCUT2D eigenvalue weighted by Crippen LogP contribution is -2.63. The number of Topliss-reactive ketones (excluding diaryl/α,β-unsaturated/α-hetero) is 1. The van der Waals surface area contributed by atoms with Crippen LogP contribution in [0, 0.1) is 12.8 Å². The third kappa shape index (κ3) is 6.68. The number of carbonyl (C=O) groups is 1. The Kier molecular flexibility index (Phi) is 10.6. The van der Waals surface area contributed by atoms with Crippen LogP contribution in [0.15, 0.2) is 48.5 Å². The zero-order chi connectivity index (χ0) is 31.5. The first kappa shape index (κ1) is 32.8. The monoisotopic (exact) mass is 645 g/mol. The van der Waals surface area contributed by atoms with Crippen LogP contribution in [0.1, 0.15) is 34.3 Å². The number of aliphatic hydroxyl groups is 4. The fraction of sp³-hybridized carbons (Fsp3) is 0.469. The van der Waals surface area contributed by atoms with E-state index in [0.29, 0.717) is 35.3 Å². The second-order valence-electron chi connectivity index (χ2n) is 11.3. The van der Waals surface area contributed by atoms with E-state index in [1.807, 2.05) is 30.3 Å². The van der Waals surface area contributed by atoms with Gasteiger partial charge in [-0.15, -0.1) is 0 Å². The molecule has 8 atom stereocenters. The van der Waals surface area contributed by atoms with Gasteiger partial charge in [-0.1, -0.05) is 58.0 Å². The van der Waals surface area contributed by atoms with E-state index in [1.54, 1.807) is 19.1 Å². The number of carbonyl (C=O) groups excluding carboxylic acids is 1. The van der Waals surface area contributed by atoms with Crippen molar-refractivity contribution in [2.75, 3.05) is 19.4 Å². The standard InChI is InChI=1S/C32H39NO9S2/c1-16-12-18-14-19(40-2)15-22-25(18)27(36)24(16)21(34)9-11-43-44-23(13-17-6-4-3-5-7-17)20(8-10-33)26(35)31-29(38)28(37)30(39)32(41-22)42-31/h3-7,12,14-15,20,23,26,28-32,35-39H,8-11,13,33H2,1-2H3/t20-,23+,26+,28+,29+,30-,31-,32+/m1/s1. The highest BCUT2D eigenvalue weighted by molar-refractivity contribution is 8.76. The highest BCUT2D eigenvalue weighted by atomic mass is 33.1. The smallest absolute Gasteiger partial charge is 0.229 e. The Morgan fingerprint density at radius 1 is 1.02 bits per heavy atom. The van der Waals surface area contributed by atoms with Crippen LogP contribution >= 0.6 is 21.6 Å². The molecule has 1 saturated heterocycles. The Hall–Kier alpha value is -2.55. The zero-order valence-corrected chi connectivity index (χ0v) is 26.2. The molecule has 0 aromatic heterocycles. The molecule has 7 N–H and O–H groups in total. The lowest BCUT2D eigenvalue weighted by molar-refractivity contribution is -0.291. The van der Waals surface area contributed by atoms with Gasteiger partial charge in [0.15, 0.2) is 5.78 Å². The second-order valence-corrected chi connectivity index (χ2v) is 14.0. The van der Waals surface area contributed by atoms with Crippen LogP contribution in [0.2, 0.25) is 0 Å². The molecule has 0 aliphatic carbocycles. The van der Waals surface area contributed by atoms with Crippen molar-refractivity contribution >= 4 is 38.1 Å². The molecule has 12 heteroatoms. The number of phenolic OH excluding ortho intramolecular Hbond substituents is 1. The maximum Gasteiger partial charge on any atom is 0.229 e. The highest BCUT2D eigenvalue weighted by Crippen LogP contribution is 2.44.